The number of nitrogens with zero attached hydrogens (tertiary/aromatic N) is 2. The Morgan fingerprint density at radius 1 is 1.39 bits per heavy atom. The lowest BCUT2D eigenvalue weighted by molar-refractivity contribution is -0.119. The molecule has 1 aromatic heterocycles. The van der Waals surface area contributed by atoms with Crippen LogP contribution in [0.25, 0.3) is 11.1 Å². The lowest BCUT2D eigenvalue weighted by atomic mass is 10.0. The van der Waals surface area contributed by atoms with Crippen LogP contribution in [-0.2, 0) is 4.79 Å². The number of hydrogen-bond donors (Lipinski definition) is 1. The number of hydrogen-bond acceptors (Lipinski definition) is 4. The Kier molecular flexibility index (Phi) is 2.66. The first-order valence-electron chi connectivity index (χ1n) is 6.17. The zero-order chi connectivity index (χ0) is 12.5. The summed E-state index contributed by atoms with van der Waals surface area (Å²) in [6.07, 6.45) is 2.82. The highest BCUT2D eigenvalue weighted by molar-refractivity contribution is 5.84. The maximum atomic E-state index is 11.5. The van der Waals surface area contributed by atoms with Crippen LogP contribution < -0.4 is 10.6 Å². The molecule has 1 aliphatic rings. The number of primary amides is 1. The second kappa shape index (κ2) is 4.33. The Morgan fingerprint density at radius 2 is 2.22 bits per heavy atom. The highest BCUT2D eigenvalue weighted by Crippen LogP contribution is 2.27. The van der Waals surface area contributed by atoms with Crippen LogP contribution in [-0.4, -0.2) is 23.5 Å². The lowest BCUT2D eigenvalue weighted by Gasteiger charge is -2.32. The average molecular weight is 245 g/mol. The molecule has 5 nitrogen and oxygen atoms in total. The van der Waals surface area contributed by atoms with E-state index >= 15 is 0 Å². The predicted octanol–water partition coefficient (Wildman–Crippen LogP) is 1.67. The first kappa shape index (κ1) is 11.1. The van der Waals surface area contributed by atoms with E-state index in [2.05, 4.69) is 4.98 Å². The first-order valence-corrected chi connectivity index (χ1v) is 6.17. The summed E-state index contributed by atoms with van der Waals surface area (Å²) in [6.45, 7) is 0.764. The smallest absolute Gasteiger partial charge is 0.299 e. The van der Waals surface area contributed by atoms with E-state index in [1.165, 1.54) is 0 Å². The molecule has 1 aliphatic heterocycles. The van der Waals surface area contributed by atoms with Crippen LogP contribution in [0.4, 0.5) is 6.01 Å². The molecule has 1 aromatic carbocycles. The molecule has 0 aliphatic carbocycles. The van der Waals surface area contributed by atoms with Gasteiger partial charge >= 0.3 is 0 Å². The Morgan fingerprint density at radius 3 is 3.00 bits per heavy atom. The molecule has 5 heteroatoms. The van der Waals surface area contributed by atoms with Crippen molar-refractivity contribution in [2.24, 2.45) is 5.73 Å². The molecule has 0 spiro atoms. The van der Waals surface area contributed by atoms with Gasteiger partial charge in [-0.25, -0.2) is 0 Å². The fourth-order valence-corrected chi connectivity index (χ4v) is 2.44. The minimum atomic E-state index is -0.308. The topological polar surface area (TPSA) is 72.4 Å². The molecule has 0 radical (unpaired) electrons. The fourth-order valence-electron chi connectivity index (χ4n) is 2.44. The molecule has 3 rings (SSSR count). The van der Waals surface area contributed by atoms with Crippen molar-refractivity contribution in [1.29, 1.82) is 0 Å². The number of amides is 1. The van der Waals surface area contributed by atoms with Crippen molar-refractivity contribution < 1.29 is 9.21 Å². The van der Waals surface area contributed by atoms with Gasteiger partial charge in [0.1, 0.15) is 11.6 Å². The van der Waals surface area contributed by atoms with Crippen LogP contribution in [0.3, 0.4) is 0 Å². The van der Waals surface area contributed by atoms with E-state index in [-0.39, 0.29) is 11.9 Å². The van der Waals surface area contributed by atoms with E-state index in [9.17, 15) is 4.79 Å². The van der Waals surface area contributed by atoms with E-state index in [0.29, 0.717) is 6.01 Å². The number of benzene rings is 1. The van der Waals surface area contributed by atoms with Gasteiger partial charge in [0.25, 0.3) is 6.01 Å². The van der Waals surface area contributed by atoms with E-state index in [1.54, 1.807) is 0 Å². The number of carbonyl (C=O) groups is 1. The quantitative estimate of drug-likeness (QED) is 0.873. The molecule has 0 saturated carbocycles. The molecule has 1 fully saturated rings. The Balaban J connectivity index is 1.98. The van der Waals surface area contributed by atoms with Crippen molar-refractivity contribution in [1.82, 2.24) is 4.98 Å². The molecule has 1 saturated heterocycles. The summed E-state index contributed by atoms with van der Waals surface area (Å²) >= 11 is 0. The summed E-state index contributed by atoms with van der Waals surface area (Å²) in [5.41, 5.74) is 6.98. The molecule has 0 bridgehead atoms. The van der Waals surface area contributed by atoms with Crippen molar-refractivity contribution in [2.75, 3.05) is 11.4 Å². The summed E-state index contributed by atoms with van der Waals surface area (Å²) in [6, 6.07) is 7.78. The van der Waals surface area contributed by atoms with Crippen molar-refractivity contribution in [3.63, 3.8) is 0 Å². The molecular formula is C13H15N3O2. The van der Waals surface area contributed by atoms with Crippen molar-refractivity contribution in [3.05, 3.63) is 24.3 Å². The largest absolute Gasteiger partial charge is 0.423 e. The predicted molar refractivity (Wildman–Crippen MR) is 68.2 cm³/mol. The van der Waals surface area contributed by atoms with Crippen molar-refractivity contribution in [3.8, 4) is 0 Å². The van der Waals surface area contributed by atoms with Gasteiger partial charge in [0, 0.05) is 6.54 Å². The van der Waals surface area contributed by atoms with Gasteiger partial charge in [0.15, 0.2) is 5.58 Å². The van der Waals surface area contributed by atoms with Crippen molar-refractivity contribution in [2.45, 2.75) is 25.3 Å². The molecule has 0 unspecified atom stereocenters. The minimum Gasteiger partial charge on any atom is -0.423 e. The van der Waals surface area contributed by atoms with Gasteiger partial charge in [-0.2, -0.15) is 4.98 Å². The number of para-hydroxylation sites is 2. The van der Waals surface area contributed by atoms with Gasteiger partial charge in [-0.1, -0.05) is 12.1 Å². The molecular weight excluding hydrogens is 230 g/mol. The second-order valence-corrected chi connectivity index (χ2v) is 4.57. The molecule has 2 N–H and O–H groups in total. The Hall–Kier alpha value is -2.04. The van der Waals surface area contributed by atoms with Crippen LogP contribution in [0.1, 0.15) is 19.3 Å². The number of oxazole rings is 1. The normalized spacial score (nSPS) is 20.2. The standard InChI is InChI=1S/C13H15N3O2/c14-12(17)10-6-3-4-8-16(10)13-15-9-5-1-2-7-11(9)18-13/h1-2,5,7,10H,3-4,6,8H2,(H2,14,17)/t10-/m0/s1. The minimum absolute atomic E-state index is 0.299. The van der Waals surface area contributed by atoms with E-state index in [0.717, 1.165) is 36.9 Å². The van der Waals surface area contributed by atoms with Gasteiger partial charge in [-0.3, -0.25) is 4.79 Å². The van der Waals surface area contributed by atoms with E-state index in [4.69, 9.17) is 10.2 Å². The zero-order valence-corrected chi connectivity index (χ0v) is 10.0. The van der Waals surface area contributed by atoms with Gasteiger partial charge in [-0.05, 0) is 31.4 Å². The number of piperidine rings is 1. The number of aromatic nitrogens is 1. The lowest BCUT2D eigenvalue weighted by Crippen LogP contribution is -2.48. The number of rotatable bonds is 2. The Bertz CT molecular complexity index is 545. The number of anilines is 1. The zero-order valence-electron chi connectivity index (χ0n) is 10.0. The molecule has 1 amide bonds. The van der Waals surface area contributed by atoms with Crippen LogP contribution in [0.5, 0.6) is 0 Å². The number of nitrogens with two attached hydrogens (primary N) is 1. The highest BCUT2D eigenvalue weighted by Gasteiger charge is 2.30. The Labute approximate surface area is 105 Å². The summed E-state index contributed by atoms with van der Waals surface area (Å²) in [5, 5.41) is 0. The third-order valence-corrected chi connectivity index (χ3v) is 3.36. The van der Waals surface area contributed by atoms with Gasteiger partial charge in [0.2, 0.25) is 5.91 Å². The summed E-state index contributed by atoms with van der Waals surface area (Å²) < 4.78 is 5.69. The van der Waals surface area contributed by atoms with Crippen LogP contribution >= 0.6 is 0 Å². The van der Waals surface area contributed by atoms with Gasteiger partial charge in [0.05, 0.1) is 0 Å². The third kappa shape index (κ3) is 1.81. The van der Waals surface area contributed by atoms with Gasteiger partial charge in [-0.15, -0.1) is 0 Å². The maximum absolute atomic E-state index is 11.5. The molecule has 1 atom stereocenters. The molecule has 2 aromatic rings. The van der Waals surface area contributed by atoms with Crippen LogP contribution in [0, 0.1) is 0 Å². The summed E-state index contributed by atoms with van der Waals surface area (Å²) in [7, 11) is 0. The van der Waals surface area contributed by atoms with E-state index < -0.39 is 0 Å². The van der Waals surface area contributed by atoms with Crippen LogP contribution in [0.2, 0.25) is 0 Å². The van der Waals surface area contributed by atoms with Crippen LogP contribution in [0.15, 0.2) is 28.7 Å². The molecule has 94 valence electrons. The number of fused-ring (bicyclic) bond motifs is 1. The monoisotopic (exact) mass is 245 g/mol. The fraction of sp³-hybridized carbons (Fsp3) is 0.385. The maximum Gasteiger partial charge on any atom is 0.299 e. The van der Waals surface area contributed by atoms with Gasteiger partial charge < -0.3 is 15.1 Å². The third-order valence-electron chi connectivity index (χ3n) is 3.36. The number of carbonyl (C=O) groups excluding carboxylic acids is 1. The SMILES string of the molecule is NC(=O)[C@@H]1CCCCN1c1nc2ccccc2o1. The highest BCUT2D eigenvalue weighted by atomic mass is 16.4. The second-order valence-electron chi connectivity index (χ2n) is 4.57. The summed E-state index contributed by atoms with van der Waals surface area (Å²) in [5.74, 6) is -0.308. The molecule has 2 heterocycles. The van der Waals surface area contributed by atoms with E-state index in [1.807, 2.05) is 29.2 Å². The summed E-state index contributed by atoms with van der Waals surface area (Å²) in [4.78, 5) is 17.8. The average Bonchev–Trinajstić information content (AvgIpc) is 2.82. The van der Waals surface area contributed by atoms with Crippen molar-refractivity contribution >= 4 is 23.0 Å². The first-order chi connectivity index (χ1) is 8.75. The molecule has 18 heavy (non-hydrogen) atoms.